The Morgan fingerprint density at radius 1 is 1.30 bits per heavy atom. The molecular formula is C19H25N3O. The molecule has 1 atom stereocenters. The molecule has 1 aliphatic heterocycles. The summed E-state index contributed by atoms with van der Waals surface area (Å²) in [5.74, 6) is 1.78. The van der Waals surface area contributed by atoms with Crippen LogP contribution in [0.3, 0.4) is 0 Å². The number of amides is 1. The normalized spacial score (nSPS) is 17.9. The van der Waals surface area contributed by atoms with Gasteiger partial charge in [-0.1, -0.05) is 44.2 Å². The van der Waals surface area contributed by atoms with Crippen LogP contribution in [-0.2, 0) is 11.3 Å². The quantitative estimate of drug-likeness (QED) is 0.869. The van der Waals surface area contributed by atoms with Crippen LogP contribution in [0.4, 0.5) is 0 Å². The highest BCUT2D eigenvalue weighted by molar-refractivity contribution is 5.78. The molecule has 122 valence electrons. The second-order valence-electron chi connectivity index (χ2n) is 6.75. The largest absolute Gasteiger partial charge is 0.342 e. The molecule has 0 spiro atoms. The van der Waals surface area contributed by atoms with Crippen molar-refractivity contribution in [3.63, 3.8) is 0 Å². The summed E-state index contributed by atoms with van der Waals surface area (Å²) in [7, 11) is 0. The highest BCUT2D eigenvalue weighted by Gasteiger charge is 2.31. The van der Waals surface area contributed by atoms with Gasteiger partial charge in [-0.2, -0.15) is 0 Å². The standard InChI is InChI=1S/C19H25N3O/c1-14(2)19(23)21-10-9-17(13-21)18-20-11-15(3)22(18)12-16-7-5-4-6-8-16/h4-8,11,14,17H,9-10,12-13H2,1-3H3. The van der Waals surface area contributed by atoms with E-state index in [-0.39, 0.29) is 11.8 Å². The molecule has 1 aromatic heterocycles. The number of benzene rings is 1. The van der Waals surface area contributed by atoms with Gasteiger partial charge in [-0.05, 0) is 18.9 Å². The van der Waals surface area contributed by atoms with Crippen LogP contribution in [0.15, 0.2) is 36.5 Å². The number of hydrogen-bond donors (Lipinski definition) is 0. The first kappa shape index (κ1) is 15.8. The van der Waals surface area contributed by atoms with E-state index in [0.717, 1.165) is 31.9 Å². The van der Waals surface area contributed by atoms with Gasteiger partial charge >= 0.3 is 0 Å². The second kappa shape index (κ2) is 6.57. The smallest absolute Gasteiger partial charge is 0.225 e. The van der Waals surface area contributed by atoms with Crippen LogP contribution in [-0.4, -0.2) is 33.4 Å². The van der Waals surface area contributed by atoms with E-state index in [1.807, 2.05) is 31.0 Å². The maximum Gasteiger partial charge on any atom is 0.225 e. The molecule has 2 aromatic rings. The molecule has 23 heavy (non-hydrogen) atoms. The highest BCUT2D eigenvalue weighted by Crippen LogP contribution is 2.28. The first-order valence-corrected chi connectivity index (χ1v) is 8.41. The van der Waals surface area contributed by atoms with Crippen molar-refractivity contribution in [1.82, 2.24) is 14.5 Å². The van der Waals surface area contributed by atoms with Gasteiger partial charge in [-0.25, -0.2) is 4.98 Å². The third-order valence-electron chi connectivity index (χ3n) is 4.63. The minimum Gasteiger partial charge on any atom is -0.342 e. The van der Waals surface area contributed by atoms with Crippen molar-refractivity contribution in [2.75, 3.05) is 13.1 Å². The highest BCUT2D eigenvalue weighted by atomic mass is 16.2. The van der Waals surface area contributed by atoms with Gasteiger partial charge in [0.2, 0.25) is 5.91 Å². The fourth-order valence-corrected chi connectivity index (χ4v) is 3.31. The van der Waals surface area contributed by atoms with E-state index < -0.39 is 0 Å². The Morgan fingerprint density at radius 2 is 2.04 bits per heavy atom. The Bertz CT molecular complexity index is 675. The van der Waals surface area contributed by atoms with Crippen molar-refractivity contribution >= 4 is 5.91 Å². The Labute approximate surface area is 138 Å². The van der Waals surface area contributed by atoms with Gasteiger partial charge in [0.15, 0.2) is 0 Å². The van der Waals surface area contributed by atoms with Gasteiger partial charge in [-0.3, -0.25) is 4.79 Å². The predicted molar refractivity (Wildman–Crippen MR) is 91.3 cm³/mol. The van der Waals surface area contributed by atoms with Crippen LogP contribution < -0.4 is 0 Å². The maximum absolute atomic E-state index is 12.2. The monoisotopic (exact) mass is 311 g/mol. The molecule has 1 fully saturated rings. The van der Waals surface area contributed by atoms with Gasteiger partial charge in [0.05, 0.1) is 0 Å². The summed E-state index contributed by atoms with van der Waals surface area (Å²) < 4.78 is 2.29. The summed E-state index contributed by atoms with van der Waals surface area (Å²) >= 11 is 0. The lowest BCUT2D eigenvalue weighted by Gasteiger charge is -2.19. The molecule has 1 amide bonds. The average molecular weight is 311 g/mol. The molecule has 1 saturated heterocycles. The molecular weight excluding hydrogens is 286 g/mol. The summed E-state index contributed by atoms with van der Waals surface area (Å²) in [4.78, 5) is 18.9. The molecule has 4 heteroatoms. The van der Waals surface area contributed by atoms with Crippen LogP contribution in [0.2, 0.25) is 0 Å². The van der Waals surface area contributed by atoms with E-state index >= 15 is 0 Å². The van der Waals surface area contributed by atoms with Crippen molar-refractivity contribution < 1.29 is 4.79 Å². The number of imidazole rings is 1. The molecule has 3 rings (SSSR count). The third-order valence-corrected chi connectivity index (χ3v) is 4.63. The molecule has 0 bridgehead atoms. The van der Waals surface area contributed by atoms with Gasteiger partial charge in [-0.15, -0.1) is 0 Å². The van der Waals surface area contributed by atoms with Crippen molar-refractivity contribution in [2.45, 2.75) is 39.7 Å². The number of aryl methyl sites for hydroxylation is 1. The third kappa shape index (κ3) is 3.31. The zero-order chi connectivity index (χ0) is 16.4. The van der Waals surface area contributed by atoms with E-state index in [1.54, 1.807) is 0 Å². The zero-order valence-electron chi connectivity index (χ0n) is 14.2. The number of carbonyl (C=O) groups excluding carboxylic acids is 1. The molecule has 4 nitrogen and oxygen atoms in total. The van der Waals surface area contributed by atoms with Crippen molar-refractivity contribution in [1.29, 1.82) is 0 Å². The Balaban J connectivity index is 1.78. The predicted octanol–water partition coefficient (Wildman–Crippen LogP) is 3.21. The van der Waals surface area contributed by atoms with E-state index in [4.69, 9.17) is 0 Å². The van der Waals surface area contributed by atoms with Crippen molar-refractivity contribution in [3.05, 3.63) is 53.6 Å². The lowest BCUT2D eigenvalue weighted by molar-refractivity contribution is -0.133. The summed E-state index contributed by atoms with van der Waals surface area (Å²) in [5.41, 5.74) is 2.46. The number of carbonyl (C=O) groups is 1. The lowest BCUT2D eigenvalue weighted by atomic mass is 10.1. The molecule has 1 aliphatic rings. The van der Waals surface area contributed by atoms with E-state index in [9.17, 15) is 4.79 Å². The Kier molecular flexibility index (Phi) is 4.51. The van der Waals surface area contributed by atoms with Crippen LogP contribution in [0, 0.1) is 12.8 Å². The van der Waals surface area contributed by atoms with E-state index in [1.165, 1.54) is 11.3 Å². The molecule has 1 unspecified atom stereocenters. The molecule has 0 aliphatic carbocycles. The first-order valence-electron chi connectivity index (χ1n) is 8.41. The van der Waals surface area contributed by atoms with E-state index in [2.05, 4.69) is 40.7 Å². The summed E-state index contributed by atoms with van der Waals surface area (Å²) in [6.45, 7) is 8.52. The number of hydrogen-bond acceptors (Lipinski definition) is 2. The number of likely N-dealkylation sites (tertiary alicyclic amines) is 1. The van der Waals surface area contributed by atoms with E-state index in [0.29, 0.717) is 5.92 Å². The maximum atomic E-state index is 12.2. The topological polar surface area (TPSA) is 38.1 Å². The summed E-state index contributed by atoms with van der Waals surface area (Å²) in [6.07, 6.45) is 2.95. The van der Waals surface area contributed by atoms with Crippen molar-refractivity contribution in [2.24, 2.45) is 5.92 Å². The molecule has 1 aromatic carbocycles. The Hall–Kier alpha value is -2.10. The first-order chi connectivity index (χ1) is 11.1. The lowest BCUT2D eigenvalue weighted by Crippen LogP contribution is -2.32. The van der Waals surface area contributed by atoms with Crippen LogP contribution >= 0.6 is 0 Å². The number of nitrogens with zero attached hydrogens (tertiary/aromatic N) is 3. The fraction of sp³-hybridized carbons (Fsp3) is 0.474. The average Bonchev–Trinajstić information content (AvgIpc) is 3.15. The molecule has 0 radical (unpaired) electrons. The van der Waals surface area contributed by atoms with Gasteiger partial charge < -0.3 is 9.47 Å². The molecule has 2 heterocycles. The molecule has 0 N–H and O–H groups in total. The second-order valence-corrected chi connectivity index (χ2v) is 6.75. The van der Waals surface area contributed by atoms with Gasteiger partial charge in [0.25, 0.3) is 0 Å². The minimum absolute atomic E-state index is 0.0690. The summed E-state index contributed by atoms with van der Waals surface area (Å²) in [5, 5.41) is 0. The SMILES string of the molecule is Cc1cnc(C2CCN(C(=O)C(C)C)C2)n1Cc1ccccc1. The number of aromatic nitrogens is 2. The Morgan fingerprint density at radius 3 is 2.74 bits per heavy atom. The van der Waals surface area contributed by atoms with Gasteiger partial charge in [0, 0.05) is 43.4 Å². The zero-order valence-corrected chi connectivity index (χ0v) is 14.2. The number of rotatable bonds is 4. The minimum atomic E-state index is 0.0690. The summed E-state index contributed by atoms with van der Waals surface area (Å²) in [6, 6.07) is 10.5. The fourth-order valence-electron chi connectivity index (χ4n) is 3.31. The van der Waals surface area contributed by atoms with Crippen LogP contribution in [0.25, 0.3) is 0 Å². The molecule has 0 saturated carbocycles. The van der Waals surface area contributed by atoms with Crippen LogP contribution in [0.1, 0.15) is 43.3 Å². The van der Waals surface area contributed by atoms with Gasteiger partial charge in [0.1, 0.15) is 5.82 Å². The van der Waals surface area contributed by atoms with Crippen molar-refractivity contribution in [3.8, 4) is 0 Å². The van der Waals surface area contributed by atoms with Crippen LogP contribution in [0.5, 0.6) is 0 Å².